The predicted octanol–water partition coefficient (Wildman–Crippen LogP) is 7.15. The number of rotatable bonds is 4. The molecular formula is C30H50O4Si. The molecule has 0 radical (unpaired) electrons. The van der Waals surface area contributed by atoms with Gasteiger partial charge in [0, 0.05) is 25.4 Å². The second kappa shape index (κ2) is 8.51. The van der Waals surface area contributed by atoms with E-state index < -0.39 is 14.1 Å². The topological polar surface area (TPSA) is 44.8 Å². The van der Waals surface area contributed by atoms with E-state index >= 15 is 0 Å². The maximum absolute atomic E-state index is 13.8. The number of fused-ring (bicyclic) bond motifs is 5. The third kappa shape index (κ3) is 4.06. The first kappa shape index (κ1) is 26.1. The molecule has 0 aromatic carbocycles. The van der Waals surface area contributed by atoms with Crippen LogP contribution >= 0.6 is 0 Å². The molecule has 4 aliphatic carbocycles. The molecule has 0 N–H and O–H groups in total. The molecule has 7 atom stereocenters. The van der Waals surface area contributed by atoms with Crippen molar-refractivity contribution < 1.29 is 18.7 Å². The monoisotopic (exact) mass is 502 g/mol. The minimum Gasteiger partial charge on any atom is -0.417 e. The van der Waals surface area contributed by atoms with Crippen LogP contribution in [0.15, 0.2) is 11.6 Å². The highest BCUT2D eigenvalue weighted by molar-refractivity contribution is 6.74. The van der Waals surface area contributed by atoms with Crippen LogP contribution in [0.5, 0.6) is 0 Å². The first-order valence-corrected chi connectivity index (χ1v) is 17.3. The average molecular weight is 503 g/mol. The third-order valence-corrected chi connectivity index (χ3v) is 16.5. The summed E-state index contributed by atoms with van der Waals surface area (Å²) in [6.45, 7) is 21.3. The first-order chi connectivity index (χ1) is 16.2. The van der Waals surface area contributed by atoms with E-state index in [0.717, 1.165) is 25.9 Å². The predicted molar refractivity (Wildman–Crippen MR) is 143 cm³/mol. The van der Waals surface area contributed by atoms with Gasteiger partial charge in [0.1, 0.15) is 0 Å². The van der Waals surface area contributed by atoms with Gasteiger partial charge >= 0.3 is 0 Å². The lowest BCUT2D eigenvalue weighted by Gasteiger charge is -2.58. The summed E-state index contributed by atoms with van der Waals surface area (Å²) < 4.78 is 18.8. The number of carbonyl (C=O) groups excluding carboxylic acids is 1. The van der Waals surface area contributed by atoms with Gasteiger partial charge in [-0.2, -0.15) is 0 Å². The summed E-state index contributed by atoms with van der Waals surface area (Å²) in [6.07, 6.45) is 9.76. The van der Waals surface area contributed by atoms with Crippen molar-refractivity contribution in [2.24, 2.45) is 40.4 Å². The van der Waals surface area contributed by atoms with Gasteiger partial charge in [0.2, 0.25) is 0 Å². The second-order valence-corrected chi connectivity index (χ2v) is 19.6. The lowest BCUT2D eigenvalue weighted by Crippen LogP contribution is -2.55. The van der Waals surface area contributed by atoms with Crippen molar-refractivity contribution in [1.29, 1.82) is 0 Å². The summed E-state index contributed by atoms with van der Waals surface area (Å²) in [5, 5.41) is 0.244. The number of allylic oxidation sites excluding steroid dienone is 1. The first-order valence-electron chi connectivity index (χ1n) is 14.4. The fourth-order valence-electron chi connectivity index (χ4n) is 8.74. The Morgan fingerprint density at radius 3 is 2.40 bits per heavy atom. The summed E-state index contributed by atoms with van der Waals surface area (Å²) in [6, 6.07) is 0. The highest BCUT2D eigenvalue weighted by Gasteiger charge is 2.62. The zero-order valence-corrected chi connectivity index (χ0v) is 24.7. The number of carbonyl (C=O) groups is 1. The Morgan fingerprint density at radius 1 is 1.06 bits per heavy atom. The molecule has 0 amide bonds. The van der Waals surface area contributed by atoms with Crippen LogP contribution in [0.25, 0.3) is 0 Å². The molecule has 5 rings (SSSR count). The summed E-state index contributed by atoms with van der Waals surface area (Å²) in [7, 11) is -1.75. The maximum atomic E-state index is 13.8. The molecule has 1 spiro atoms. The Morgan fingerprint density at radius 2 is 1.74 bits per heavy atom. The molecule has 0 aromatic heterocycles. The van der Waals surface area contributed by atoms with E-state index in [1.807, 2.05) is 0 Å². The van der Waals surface area contributed by atoms with Crippen LogP contribution in [0.4, 0.5) is 0 Å². The van der Waals surface area contributed by atoms with E-state index in [2.05, 4.69) is 60.7 Å². The van der Waals surface area contributed by atoms with E-state index in [0.29, 0.717) is 42.7 Å². The van der Waals surface area contributed by atoms with Crippen molar-refractivity contribution >= 4 is 14.1 Å². The van der Waals surface area contributed by atoms with Crippen LogP contribution in [0.3, 0.4) is 0 Å². The van der Waals surface area contributed by atoms with Crippen LogP contribution in [0.1, 0.15) is 86.5 Å². The van der Waals surface area contributed by atoms with E-state index in [4.69, 9.17) is 13.9 Å². The maximum Gasteiger partial charge on any atom is 0.191 e. The molecule has 198 valence electrons. The van der Waals surface area contributed by atoms with E-state index in [1.54, 1.807) is 0 Å². The molecule has 4 fully saturated rings. The van der Waals surface area contributed by atoms with Crippen molar-refractivity contribution in [2.45, 2.75) is 110 Å². The lowest BCUT2D eigenvalue weighted by atomic mass is 9.46. The Labute approximate surface area is 215 Å². The van der Waals surface area contributed by atoms with Crippen LogP contribution in [-0.2, 0) is 18.7 Å². The molecule has 3 saturated carbocycles. The minimum atomic E-state index is -1.75. The number of ketones is 1. The van der Waals surface area contributed by atoms with E-state index in [-0.39, 0.29) is 21.8 Å². The van der Waals surface area contributed by atoms with E-state index in [1.165, 1.54) is 31.3 Å². The Kier molecular flexibility index (Phi) is 6.35. The fraction of sp³-hybridized carbons (Fsp3) is 0.900. The normalized spacial score (nSPS) is 41.8. The highest BCUT2D eigenvalue weighted by atomic mass is 28.4. The summed E-state index contributed by atoms with van der Waals surface area (Å²) in [5.74, 6) is 2.32. The number of ether oxygens (including phenoxy) is 2. The SMILES string of the molecule is C[C@H](CO[Si](C)(C)C(C)(C)C)[C@H]1CCC2C3C(=O)C=C4CC5(CC[C@]4(C)C3CC[C@@]21C)OCCO5. The van der Waals surface area contributed by atoms with Gasteiger partial charge in [-0.3, -0.25) is 4.79 Å². The summed E-state index contributed by atoms with van der Waals surface area (Å²) >= 11 is 0. The molecule has 1 saturated heterocycles. The standard InChI is InChI=1S/C30H50O4Si/c1-20(19-34-35(7,8)27(2,3)4)22-9-10-23-26-24(11-12-29(22,23)6)28(5)13-14-30(32-15-16-33-30)18-21(28)17-25(26)31/h17,20,22-24,26H,9-16,18-19H2,1-8H3/t20-,22-,23?,24?,26?,28+,29-/m1/s1. The van der Waals surface area contributed by atoms with Gasteiger partial charge in [-0.15, -0.1) is 0 Å². The highest BCUT2D eigenvalue weighted by Crippen LogP contribution is 2.67. The second-order valence-electron chi connectivity index (χ2n) is 14.8. The smallest absolute Gasteiger partial charge is 0.191 e. The van der Waals surface area contributed by atoms with Crippen molar-refractivity contribution in [3.63, 3.8) is 0 Å². The molecule has 4 nitrogen and oxygen atoms in total. The van der Waals surface area contributed by atoms with Crippen LogP contribution < -0.4 is 0 Å². The summed E-state index contributed by atoms with van der Waals surface area (Å²) in [5.41, 5.74) is 1.68. The molecule has 1 heterocycles. The molecule has 0 bridgehead atoms. The number of hydrogen-bond donors (Lipinski definition) is 0. The van der Waals surface area contributed by atoms with Gasteiger partial charge < -0.3 is 13.9 Å². The van der Waals surface area contributed by atoms with Gasteiger partial charge in [-0.05, 0) is 90.8 Å². The van der Waals surface area contributed by atoms with Gasteiger partial charge in [0.25, 0.3) is 0 Å². The lowest BCUT2D eigenvalue weighted by molar-refractivity contribution is -0.185. The molecule has 1 aliphatic heterocycles. The third-order valence-electron chi connectivity index (χ3n) is 12.0. The summed E-state index contributed by atoms with van der Waals surface area (Å²) in [4.78, 5) is 13.8. The molecule has 35 heavy (non-hydrogen) atoms. The molecule has 3 unspecified atom stereocenters. The average Bonchev–Trinajstić information content (AvgIpc) is 3.37. The van der Waals surface area contributed by atoms with Crippen molar-refractivity contribution in [3.8, 4) is 0 Å². The quantitative estimate of drug-likeness (QED) is 0.383. The number of hydrogen-bond acceptors (Lipinski definition) is 4. The van der Waals surface area contributed by atoms with Crippen molar-refractivity contribution in [3.05, 3.63) is 11.6 Å². The van der Waals surface area contributed by atoms with Gasteiger partial charge in [0.05, 0.1) is 13.2 Å². The van der Waals surface area contributed by atoms with Gasteiger partial charge in [0.15, 0.2) is 19.9 Å². The largest absolute Gasteiger partial charge is 0.417 e. The molecule has 5 heteroatoms. The molecule has 0 aromatic rings. The Balaban J connectivity index is 1.34. The van der Waals surface area contributed by atoms with Crippen LogP contribution in [0, 0.1) is 40.4 Å². The van der Waals surface area contributed by atoms with Gasteiger partial charge in [-0.25, -0.2) is 0 Å². The minimum absolute atomic E-state index is 0.121. The van der Waals surface area contributed by atoms with Gasteiger partial charge in [-0.1, -0.05) is 47.1 Å². The van der Waals surface area contributed by atoms with Crippen molar-refractivity contribution in [2.75, 3.05) is 19.8 Å². The van der Waals surface area contributed by atoms with Crippen LogP contribution in [0.2, 0.25) is 18.1 Å². The van der Waals surface area contributed by atoms with Crippen molar-refractivity contribution in [1.82, 2.24) is 0 Å². The van der Waals surface area contributed by atoms with Crippen LogP contribution in [-0.4, -0.2) is 39.7 Å². The Bertz CT molecular complexity index is 881. The molecule has 5 aliphatic rings. The zero-order chi connectivity index (χ0) is 25.4. The fourth-order valence-corrected chi connectivity index (χ4v) is 9.85. The molecular weight excluding hydrogens is 452 g/mol. The zero-order valence-electron chi connectivity index (χ0n) is 23.7. The van der Waals surface area contributed by atoms with E-state index in [9.17, 15) is 4.79 Å². The Hall–Kier alpha value is -0.493.